The lowest BCUT2D eigenvalue weighted by Gasteiger charge is -2.55. The highest BCUT2D eigenvalue weighted by Gasteiger charge is 2.57. The molecule has 0 radical (unpaired) electrons. The number of pyridine rings is 1. The molecule has 2 aromatic carbocycles. The third kappa shape index (κ3) is 13.8. The second-order valence-electron chi connectivity index (χ2n) is 19.1. The average Bonchev–Trinajstić information content (AvgIpc) is 3.80. The van der Waals surface area contributed by atoms with Gasteiger partial charge in [-0.1, -0.05) is 24.0 Å². The molecule has 2 aliphatic heterocycles. The number of carbonyl (C=O) groups is 4. The Morgan fingerprint density at radius 2 is 1.40 bits per heavy atom. The summed E-state index contributed by atoms with van der Waals surface area (Å²) in [6.45, 7) is 0.586. The van der Waals surface area contributed by atoms with Gasteiger partial charge in [0.25, 0.3) is 5.91 Å². The van der Waals surface area contributed by atoms with Crippen molar-refractivity contribution in [2.75, 3.05) is 44.4 Å². The van der Waals surface area contributed by atoms with Crippen LogP contribution in [0.15, 0.2) is 67.1 Å². The Bertz CT molecular complexity index is 2730. The molecule has 1 spiro atoms. The molecule has 0 saturated carbocycles. The van der Waals surface area contributed by atoms with E-state index < -0.39 is 115 Å². The van der Waals surface area contributed by atoms with Gasteiger partial charge in [-0.3, -0.25) is 15.0 Å². The van der Waals surface area contributed by atoms with E-state index in [2.05, 4.69) is 37.6 Å². The molecular formula is C48H51F10N9O8. The molecule has 0 bridgehead atoms. The highest BCUT2D eigenvalue weighted by atomic mass is 19.4. The van der Waals surface area contributed by atoms with Crippen LogP contribution < -0.4 is 31.7 Å². The minimum absolute atomic E-state index is 0.0629. The van der Waals surface area contributed by atoms with Gasteiger partial charge in [0, 0.05) is 60.7 Å². The fourth-order valence-corrected chi connectivity index (χ4v) is 7.88. The Labute approximate surface area is 421 Å². The first-order valence-corrected chi connectivity index (χ1v) is 22.8. The second-order valence-corrected chi connectivity index (χ2v) is 19.1. The number of carboxylic acid groups (broad SMARTS) is 1. The van der Waals surface area contributed by atoms with Gasteiger partial charge in [-0.15, -0.1) is 0 Å². The number of alkyl halides is 8. The van der Waals surface area contributed by atoms with Crippen LogP contribution in [0.3, 0.4) is 0 Å². The van der Waals surface area contributed by atoms with E-state index >= 15 is 8.78 Å². The van der Waals surface area contributed by atoms with Crippen LogP contribution >= 0.6 is 0 Å². The summed E-state index contributed by atoms with van der Waals surface area (Å²) in [5.74, 6) is 1.23. The molecule has 4 unspecified atom stereocenters. The zero-order valence-corrected chi connectivity index (χ0v) is 40.3. The third-order valence-electron chi connectivity index (χ3n) is 12.8. The maximum absolute atomic E-state index is 15.0. The maximum atomic E-state index is 15.0. The van der Waals surface area contributed by atoms with Crippen molar-refractivity contribution in [1.82, 2.24) is 41.6 Å². The van der Waals surface area contributed by atoms with E-state index in [1.54, 1.807) is 24.4 Å². The van der Waals surface area contributed by atoms with Gasteiger partial charge < -0.3 is 40.5 Å². The van der Waals surface area contributed by atoms with E-state index in [9.17, 15) is 64.5 Å². The van der Waals surface area contributed by atoms with Gasteiger partial charge in [0.1, 0.15) is 29.5 Å². The van der Waals surface area contributed by atoms with E-state index in [1.165, 1.54) is 17.4 Å². The summed E-state index contributed by atoms with van der Waals surface area (Å²) in [7, 11) is 0. The van der Waals surface area contributed by atoms with Gasteiger partial charge in [0.05, 0.1) is 54.4 Å². The number of ether oxygens (including phenoxy) is 2. The van der Waals surface area contributed by atoms with Gasteiger partial charge in [-0.25, -0.2) is 33.5 Å². The summed E-state index contributed by atoms with van der Waals surface area (Å²) in [6, 6.07) is 4.72. The molecule has 7 N–H and O–H groups in total. The second kappa shape index (κ2) is 22.7. The van der Waals surface area contributed by atoms with Crippen LogP contribution in [0.5, 0.6) is 0 Å². The minimum atomic E-state index is -5.23. The lowest BCUT2D eigenvalue weighted by molar-refractivity contribution is -0.221. The molecule has 406 valence electrons. The van der Waals surface area contributed by atoms with Crippen LogP contribution in [-0.2, 0) is 31.9 Å². The van der Waals surface area contributed by atoms with Gasteiger partial charge >= 0.3 is 31.1 Å². The number of alkyl carbamates (subject to hydrolysis) is 1. The largest absolute Gasteiger partial charge is 0.465 e. The smallest absolute Gasteiger partial charge is 0.407 e. The van der Waals surface area contributed by atoms with Crippen LogP contribution in [0.1, 0.15) is 56.5 Å². The number of aliphatic hydroxyl groups excluding tert-OH is 1. The Morgan fingerprint density at radius 3 is 1.92 bits per heavy atom. The summed E-state index contributed by atoms with van der Waals surface area (Å²) in [5, 5.41) is 29.5. The quantitative estimate of drug-likeness (QED) is 0.0326. The van der Waals surface area contributed by atoms with Crippen LogP contribution in [0.4, 0.5) is 59.3 Å². The number of anilines is 1. The van der Waals surface area contributed by atoms with E-state index in [4.69, 9.17) is 9.47 Å². The molecule has 2 saturated heterocycles. The highest BCUT2D eigenvalue weighted by molar-refractivity contribution is 5.87. The van der Waals surface area contributed by atoms with Gasteiger partial charge in [0.15, 0.2) is 0 Å². The Hall–Kier alpha value is -7.18. The minimum Gasteiger partial charge on any atom is -0.465 e. The van der Waals surface area contributed by atoms with Crippen LogP contribution in [0.25, 0.3) is 11.1 Å². The van der Waals surface area contributed by atoms with Crippen molar-refractivity contribution in [2.24, 2.45) is 16.2 Å². The molecular weight excluding hydrogens is 1020 g/mol. The first-order chi connectivity index (χ1) is 35.0. The van der Waals surface area contributed by atoms with Crippen LogP contribution in [0, 0.1) is 39.7 Å². The number of rotatable bonds is 19. The summed E-state index contributed by atoms with van der Waals surface area (Å²) >= 11 is 0. The number of carbonyl (C=O) groups excluding carboxylic acids is 3. The lowest BCUT2D eigenvalue weighted by Crippen LogP contribution is -2.66. The Morgan fingerprint density at radius 1 is 0.813 bits per heavy atom. The fraction of sp³-hybridized carbons (Fsp3) is 0.458. The zero-order chi connectivity index (χ0) is 55.3. The number of hydrogen-bond acceptors (Lipinski definition) is 11. The SMILES string of the molecule is CC(C)(C(NC(=O)O)C(=O)NNCC(O)C(Cc1ccc(C#Cc2ccc(N3CC4(COC4)C3)nc2)cc1)NC(=O)C(NC(=O)OCCc1c(F)cc(-c2cnn(C(F)F)c2)cc1F)C(C)(C)C(F)(F)F)C(F)(F)F. The number of nitrogens with zero attached hydrogens (tertiary/aromatic N) is 4. The normalized spacial score (nSPS) is 16.1. The van der Waals surface area contributed by atoms with Crippen molar-refractivity contribution >= 4 is 29.8 Å². The molecule has 75 heavy (non-hydrogen) atoms. The van der Waals surface area contributed by atoms with Crippen molar-refractivity contribution in [3.8, 4) is 23.0 Å². The number of aromatic nitrogens is 3. The van der Waals surface area contributed by atoms with Crippen molar-refractivity contribution in [1.29, 1.82) is 0 Å². The highest BCUT2D eigenvalue weighted by Crippen LogP contribution is 2.42. The third-order valence-corrected chi connectivity index (χ3v) is 12.8. The predicted molar refractivity (Wildman–Crippen MR) is 245 cm³/mol. The molecule has 27 heteroatoms. The molecule has 17 nitrogen and oxygen atoms in total. The Kier molecular flexibility index (Phi) is 17.3. The van der Waals surface area contributed by atoms with E-state index in [0.717, 1.165) is 43.4 Å². The molecule has 4 aromatic rings. The van der Waals surface area contributed by atoms with Gasteiger partial charge in [-0.05, 0) is 81.6 Å². The number of aliphatic hydroxyl groups is 1. The van der Waals surface area contributed by atoms with E-state index in [-0.39, 0.29) is 27.6 Å². The fourth-order valence-electron chi connectivity index (χ4n) is 7.88. The van der Waals surface area contributed by atoms with Gasteiger partial charge in [-0.2, -0.15) is 40.2 Å². The number of nitrogens with one attached hydrogen (secondary N) is 5. The zero-order valence-electron chi connectivity index (χ0n) is 40.3. The molecule has 2 fully saturated rings. The number of hydrazine groups is 1. The average molecular weight is 1070 g/mol. The van der Waals surface area contributed by atoms with Crippen molar-refractivity contribution in [3.05, 3.63) is 101 Å². The van der Waals surface area contributed by atoms with E-state index in [1.807, 2.05) is 16.8 Å². The predicted octanol–water partition coefficient (Wildman–Crippen LogP) is 6.01. The number of halogens is 10. The number of hydrogen-bond donors (Lipinski definition) is 7. The molecule has 0 aliphatic carbocycles. The van der Waals surface area contributed by atoms with Gasteiger partial charge in [0.2, 0.25) is 5.91 Å². The first kappa shape index (κ1) is 57.1. The topological polar surface area (TPSA) is 221 Å². The molecule has 4 atom stereocenters. The van der Waals surface area contributed by atoms with E-state index in [0.29, 0.717) is 57.6 Å². The monoisotopic (exact) mass is 1070 g/mol. The summed E-state index contributed by atoms with van der Waals surface area (Å²) in [5.41, 5.74) is -1.37. The standard InChI is InChI=1S/C48H51F10N9O8/c1-44(2,47(53,54)55)37(64-43(73)75-14-13-31-32(49)16-29(17-33(31)50)30-19-61-67(21-30)41(51)52)39(69)62-34(35(68)20-60-65-40(70)38(63-42(71)72)45(3,4)48(56,57)58)15-27-8-5-26(6-9-27)7-10-28-11-12-36(59-18-28)66-22-46(23-66)24-74-25-46/h5-6,8-9,11-12,16-19,21,34-35,37-38,41,60,63,68H,13-15,20,22-25H2,1-4H3,(H,62,69)(H,64,73)(H,65,70)(H,71,72). The summed E-state index contributed by atoms with van der Waals surface area (Å²) in [6.07, 6.45) is -13.6. The first-order valence-electron chi connectivity index (χ1n) is 22.8. The number of benzene rings is 2. The lowest BCUT2D eigenvalue weighted by atomic mass is 9.78. The molecule has 2 aromatic heterocycles. The Balaban J connectivity index is 1.16. The van der Waals surface area contributed by atoms with Crippen LogP contribution in [0.2, 0.25) is 0 Å². The molecule has 2 aliphatic rings. The van der Waals surface area contributed by atoms with Crippen molar-refractivity contribution < 1.29 is 82.8 Å². The molecule has 4 heterocycles. The molecule has 4 amide bonds. The molecule has 6 rings (SSSR count). The maximum Gasteiger partial charge on any atom is 0.407 e. The van der Waals surface area contributed by atoms with Crippen molar-refractivity contribution in [3.63, 3.8) is 0 Å². The summed E-state index contributed by atoms with van der Waals surface area (Å²) in [4.78, 5) is 58.0. The van der Waals surface area contributed by atoms with Crippen LogP contribution in [-0.4, -0.2) is 125 Å². The summed E-state index contributed by atoms with van der Waals surface area (Å²) < 4.78 is 152. The van der Waals surface area contributed by atoms with Crippen molar-refractivity contribution in [2.45, 2.75) is 83.7 Å². The number of amides is 4.